The average molecular weight is 275 g/mol. The van der Waals surface area contributed by atoms with Gasteiger partial charge in [-0.25, -0.2) is 0 Å². The van der Waals surface area contributed by atoms with Gasteiger partial charge in [-0.3, -0.25) is 9.78 Å². The standard InChI is InChI=1S/C18H13NO2/c20-18(17-10-13-4-1-2-7-16(13)21-17)14-6-3-5-12-8-9-19-11-15(12)14/h1-9,11,17H,10H2. The first-order chi connectivity index (χ1) is 10.3. The van der Waals surface area contributed by atoms with Crippen LogP contribution in [-0.4, -0.2) is 16.9 Å². The Balaban J connectivity index is 1.72. The Morgan fingerprint density at radius 3 is 2.90 bits per heavy atom. The number of ether oxygens (including phenoxy) is 1. The van der Waals surface area contributed by atoms with Crippen molar-refractivity contribution in [1.29, 1.82) is 0 Å². The fourth-order valence-electron chi connectivity index (χ4n) is 2.83. The molecule has 1 aliphatic rings. The van der Waals surface area contributed by atoms with Gasteiger partial charge in [-0.1, -0.05) is 36.4 Å². The molecule has 0 aliphatic carbocycles. The molecular weight excluding hydrogens is 262 g/mol. The van der Waals surface area contributed by atoms with Gasteiger partial charge in [0.25, 0.3) is 0 Å². The number of hydrogen-bond donors (Lipinski definition) is 0. The van der Waals surface area contributed by atoms with Gasteiger partial charge in [0.2, 0.25) is 5.78 Å². The average Bonchev–Trinajstić information content (AvgIpc) is 2.97. The van der Waals surface area contributed by atoms with Gasteiger partial charge in [0.15, 0.2) is 6.10 Å². The zero-order valence-electron chi connectivity index (χ0n) is 11.3. The number of carbonyl (C=O) groups is 1. The van der Waals surface area contributed by atoms with Crippen LogP contribution in [0.3, 0.4) is 0 Å². The van der Waals surface area contributed by atoms with Gasteiger partial charge in [-0.15, -0.1) is 0 Å². The molecule has 3 nitrogen and oxygen atoms in total. The third kappa shape index (κ3) is 1.98. The van der Waals surface area contributed by atoms with E-state index in [4.69, 9.17) is 4.74 Å². The van der Waals surface area contributed by atoms with E-state index in [1.165, 1.54) is 0 Å². The molecule has 3 heteroatoms. The molecule has 3 aromatic rings. The van der Waals surface area contributed by atoms with Crippen molar-refractivity contribution in [3.05, 3.63) is 72.1 Å². The molecule has 1 atom stereocenters. The number of pyridine rings is 1. The number of para-hydroxylation sites is 1. The second-order valence-electron chi connectivity index (χ2n) is 5.18. The molecule has 0 bridgehead atoms. The Morgan fingerprint density at radius 2 is 2.00 bits per heavy atom. The van der Waals surface area contributed by atoms with E-state index in [1.807, 2.05) is 48.5 Å². The summed E-state index contributed by atoms with van der Waals surface area (Å²) in [7, 11) is 0. The van der Waals surface area contributed by atoms with Crippen molar-refractivity contribution in [3.8, 4) is 5.75 Å². The van der Waals surface area contributed by atoms with Crippen LogP contribution in [-0.2, 0) is 6.42 Å². The monoisotopic (exact) mass is 275 g/mol. The molecule has 1 unspecified atom stereocenters. The Labute approximate surface area is 122 Å². The molecule has 1 aromatic heterocycles. The van der Waals surface area contributed by atoms with Crippen LogP contribution in [0.25, 0.3) is 10.8 Å². The Morgan fingerprint density at radius 1 is 1.10 bits per heavy atom. The minimum Gasteiger partial charge on any atom is -0.482 e. The number of aromatic nitrogens is 1. The second-order valence-corrected chi connectivity index (χ2v) is 5.18. The van der Waals surface area contributed by atoms with Crippen LogP contribution >= 0.6 is 0 Å². The first-order valence-corrected chi connectivity index (χ1v) is 6.94. The lowest BCUT2D eigenvalue weighted by Gasteiger charge is -2.11. The van der Waals surface area contributed by atoms with Gasteiger partial charge in [-0.2, -0.15) is 0 Å². The van der Waals surface area contributed by atoms with Crippen molar-refractivity contribution in [3.63, 3.8) is 0 Å². The van der Waals surface area contributed by atoms with Crippen LogP contribution in [0.5, 0.6) is 5.75 Å². The molecule has 102 valence electrons. The molecule has 4 rings (SSSR count). The quantitative estimate of drug-likeness (QED) is 0.673. The van der Waals surface area contributed by atoms with Gasteiger partial charge < -0.3 is 4.74 Å². The third-order valence-electron chi connectivity index (χ3n) is 3.89. The summed E-state index contributed by atoms with van der Waals surface area (Å²) in [5.41, 5.74) is 1.77. The van der Waals surface area contributed by atoms with Gasteiger partial charge in [0.05, 0.1) is 0 Å². The largest absolute Gasteiger partial charge is 0.482 e. The summed E-state index contributed by atoms with van der Waals surface area (Å²) in [5, 5.41) is 1.90. The van der Waals surface area contributed by atoms with Crippen molar-refractivity contribution < 1.29 is 9.53 Å². The van der Waals surface area contributed by atoms with E-state index in [0.717, 1.165) is 22.1 Å². The topological polar surface area (TPSA) is 39.2 Å². The molecule has 0 fully saturated rings. The maximum atomic E-state index is 12.8. The zero-order chi connectivity index (χ0) is 14.2. The first-order valence-electron chi connectivity index (χ1n) is 6.94. The lowest BCUT2D eigenvalue weighted by atomic mass is 9.98. The van der Waals surface area contributed by atoms with E-state index in [-0.39, 0.29) is 5.78 Å². The predicted molar refractivity (Wildman–Crippen MR) is 80.6 cm³/mol. The normalized spacial score (nSPS) is 16.5. The van der Waals surface area contributed by atoms with E-state index in [1.54, 1.807) is 12.4 Å². The third-order valence-corrected chi connectivity index (χ3v) is 3.89. The van der Waals surface area contributed by atoms with E-state index < -0.39 is 6.10 Å². The number of fused-ring (bicyclic) bond motifs is 2. The molecule has 2 aromatic carbocycles. The van der Waals surface area contributed by atoms with Crippen LogP contribution in [0.15, 0.2) is 60.9 Å². The highest BCUT2D eigenvalue weighted by Gasteiger charge is 2.30. The maximum absolute atomic E-state index is 12.8. The fourth-order valence-corrected chi connectivity index (χ4v) is 2.83. The second kappa shape index (κ2) is 4.70. The van der Waals surface area contributed by atoms with E-state index in [0.29, 0.717) is 12.0 Å². The van der Waals surface area contributed by atoms with E-state index in [9.17, 15) is 4.79 Å². The number of rotatable bonds is 2. The maximum Gasteiger partial charge on any atom is 0.204 e. The smallest absolute Gasteiger partial charge is 0.204 e. The molecular formula is C18H13NO2. The van der Waals surface area contributed by atoms with Crippen LogP contribution in [0.2, 0.25) is 0 Å². The van der Waals surface area contributed by atoms with Gasteiger partial charge >= 0.3 is 0 Å². The van der Waals surface area contributed by atoms with Gasteiger partial charge in [0.1, 0.15) is 5.75 Å². The highest BCUT2D eigenvalue weighted by Crippen LogP contribution is 2.30. The van der Waals surface area contributed by atoms with Crippen molar-refractivity contribution in [2.24, 2.45) is 0 Å². The summed E-state index contributed by atoms with van der Waals surface area (Å²) in [6.07, 6.45) is 3.67. The Hall–Kier alpha value is -2.68. The summed E-state index contributed by atoms with van der Waals surface area (Å²) in [4.78, 5) is 16.9. The Bertz CT molecular complexity index is 811. The lowest BCUT2D eigenvalue weighted by Crippen LogP contribution is -2.25. The van der Waals surface area contributed by atoms with Gasteiger partial charge in [-0.05, 0) is 23.1 Å². The highest BCUT2D eigenvalue weighted by atomic mass is 16.5. The molecule has 0 N–H and O–H groups in total. The minimum absolute atomic E-state index is 0.0183. The summed E-state index contributed by atoms with van der Waals surface area (Å²) >= 11 is 0. The molecule has 21 heavy (non-hydrogen) atoms. The van der Waals surface area contributed by atoms with Crippen molar-refractivity contribution in [2.45, 2.75) is 12.5 Å². The number of Topliss-reactive ketones (excluding diaryl/α,β-unsaturated/α-hetero) is 1. The number of nitrogens with zero attached hydrogens (tertiary/aromatic N) is 1. The predicted octanol–water partition coefficient (Wildman–Crippen LogP) is 3.42. The lowest BCUT2D eigenvalue weighted by molar-refractivity contribution is 0.0826. The molecule has 1 aliphatic heterocycles. The summed E-state index contributed by atoms with van der Waals surface area (Å²) < 4.78 is 5.80. The number of benzene rings is 2. The SMILES string of the molecule is O=C(c1cccc2ccncc12)C1Cc2ccccc2O1. The molecule has 0 amide bonds. The zero-order valence-corrected chi connectivity index (χ0v) is 11.3. The van der Waals surface area contributed by atoms with Crippen LogP contribution < -0.4 is 4.74 Å². The van der Waals surface area contributed by atoms with Crippen molar-refractivity contribution in [2.75, 3.05) is 0 Å². The van der Waals surface area contributed by atoms with Crippen molar-refractivity contribution in [1.82, 2.24) is 4.98 Å². The summed E-state index contributed by atoms with van der Waals surface area (Å²) in [6, 6.07) is 15.5. The van der Waals surface area contributed by atoms with Crippen LogP contribution in [0.4, 0.5) is 0 Å². The summed E-state index contributed by atoms with van der Waals surface area (Å²) in [5.74, 6) is 0.832. The molecule has 0 saturated heterocycles. The van der Waals surface area contributed by atoms with Crippen LogP contribution in [0, 0.1) is 0 Å². The highest BCUT2D eigenvalue weighted by molar-refractivity contribution is 6.10. The van der Waals surface area contributed by atoms with Crippen LogP contribution in [0.1, 0.15) is 15.9 Å². The van der Waals surface area contributed by atoms with Gasteiger partial charge in [0, 0.05) is 29.8 Å². The molecule has 2 heterocycles. The number of carbonyl (C=O) groups excluding carboxylic acids is 1. The number of ketones is 1. The Kier molecular flexibility index (Phi) is 2.71. The minimum atomic E-state index is -0.437. The summed E-state index contributed by atoms with van der Waals surface area (Å²) in [6.45, 7) is 0. The molecule has 0 spiro atoms. The van der Waals surface area contributed by atoms with E-state index >= 15 is 0 Å². The van der Waals surface area contributed by atoms with E-state index in [2.05, 4.69) is 4.98 Å². The number of hydrogen-bond acceptors (Lipinski definition) is 3. The first kappa shape index (κ1) is 12.1. The molecule has 0 saturated carbocycles. The molecule has 0 radical (unpaired) electrons. The fraction of sp³-hybridized carbons (Fsp3) is 0.111. The van der Waals surface area contributed by atoms with Crippen molar-refractivity contribution >= 4 is 16.6 Å².